The first-order valence-corrected chi connectivity index (χ1v) is 12.1. The zero-order valence-electron chi connectivity index (χ0n) is 20.8. The Labute approximate surface area is 211 Å². The minimum Gasteiger partial charge on any atom is -0.493 e. The molecular formula is C29H31FN2O4. The van der Waals surface area contributed by atoms with Gasteiger partial charge in [-0.25, -0.2) is 9.18 Å². The Morgan fingerprint density at radius 3 is 2.47 bits per heavy atom. The fourth-order valence-electron chi connectivity index (χ4n) is 4.10. The number of alkyl carbamates (subject to hydrolysis) is 1. The molecule has 0 aliphatic carbocycles. The maximum absolute atomic E-state index is 14.1. The highest BCUT2D eigenvalue weighted by atomic mass is 19.1. The maximum atomic E-state index is 14.1. The molecule has 0 aromatic heterocycles. The Bertz CT molecular complexity index is 1210. The van der Waals surface area contributed by atoms with Crippen molar-refractivity contribution in [2.45, 2.75) is 45.3 Å². The van der Waals surface area contributed by atoms with Gasteiger partial charge in [0.05, 0.1) is 6.61 Å². The first-order chi connectivity index (χ1) is 17.2. The van der Waals surface area contributed by atoms with E-state index in [1.807, 2.05) is 36.4 Å². The SMILES string of the molecule is CC(C)(C)OC(=O)NC(C(=O)N(CCc1ccc(F)cc1)c1ccc2c(c1)OCC2)c1ccccc1. The van der Waals surface area contributed by atoms with Gasteiger partial charge in [0.1, 0.15) is 23.2 Å². The number of ether oxygens (including phenoxy) is 2. The van der Waals surface area contributed by atoms with E-state index in [4.69, 9.17) is 9.47 Å². The van der Waals surface area contributed by atoms with Crippen molar-refractivity contribution in [1.29, 1.82) is 0 Å². The number of hydrogen-bond donors (Lipinski definition) is 1. The summed E-state index contributed by atoms with van der Waals surface area (Å²) in [4.78, 5) is 28.4. The topological polar surface area (TPSA) is 67.9 Å². The minimum atomic E-state index is -0.969. The number of hydrogen-bond acceptors (Lipinski definition) is 4. The van der Waals surface area contributed by atoms with E-state index < -0.39 is 17.7 Å². The quantitative estimate of drug-likeness (QED) is 0.468. The van der Waals surface area contributed by atoms with Crippen LogP contribution in [0.1, 0.15) is 43.5 Å². The molecule has 1 heterocycles. The maximum Gasteiger partial charge on any atom is 0.408 e. The van der Waals surface area contributed by atoms with Gasteiger partial charge in [-0.3, -0.25) is 4.79 Å². The van der Waals surface area contributed by atoms with E-state index in [1.165, 1.54) is 12.1 Å². The van der Waals surface area contributed by atoms with Crippen LogP contribution in [-0.2, 0) is 22.4 Å². The summed E-state index contributed by atoms with van der Waals surface area (Å²) in [5.41, 5.74) is 2.57. The van der Waals surface area contributed by atoms with Crippen LogP contribution in [0.4, 0.5) is 14.9 Å². The van der Waals surface area contributed by atoms with Gasteiger partial charge in [-0.15, -0.1) is 0 Å². The molecule has 1 unspecified atom stereocenters. The number of fused-ring (bicyclic) bond motifs is 1. The van der Waals surface area contributed by atoms with Crippen molar-refractivity contribution in [2.75, 3.05) is 18.1 Å². The molecule has 188 valence electrons. The van der Waals surface area contributed by atoms with E-state index in [1.54, 1.807) is 49.9 Å². The fourth-order valence-corrected chi connectivity index (χ4v) is 4.10. The number of nitrogens with one attached hydrogen (secondary N) is 1. The lowest BCUT2D eigenvalue weighted by molar-refractivity contribution is -0.120. The van der Waals surface area contributed by atoms with Gasteiger partial charge in [0.2, 0.25) is 0 Å². The van der Waals surface area contributed by atoms with Crippen molar-refractivity contribution < 1.29 is 23.5 Å². The molecule has 1 atom stereocenters. The largest absolute Gasteiger partial charge is 0.493 e. The van der Waals surface area contributed by atoms with E-state index in [-0.39, 0.29) is 11.7 Å². The Morgan fingerprint density at radius 1 is 1.06 bits per heavy atom. The molecule has 3 aromatic carbocycles. The van der Waals surface area contributed by atoms with Gasteiger partial charge in [0, 0.05) is 24.7 Å². The van der Waals surface area contributed by atoms with Crippen LogP contribution in [0.3, 0.4) is 0 Å². The number of carbonyl (C=O) groups is 2. The monoisotopic (exact) mass is 490 g/mol. The Morgan fingerprint density at radius 2 is 1.78 bits per heavy atom. The summed E-state index contributed by atoms with van der Waals surface area (Å²) >= 11 is 0. The summed E-state index contributed by atoms with van der Waals surface area (Å²) in [6, 6.07) is 20.1. The molecule has 0 saturated carbocycles. The summed E-state index contributed by atoms with van der Waals surface area (Å²) in [6.07, 6.45) is 0.643. The second-order valence-corrected chi connectivity index (χ2v) is 9.75. The van der Waals surface area contributed by atoms with Gasteiger partial charge in [-0.05, 0) is 62.1 Å². The third kappa shape index (κ3) is 6.42. The van der Waals surface area contributed by atoms with E-state index >= 15 is 0 Å². The molecule has 1 aliphatic heterocycles. The second kappa shape index (κ2) is 10.8. The molecule has 0 saturated heterocycles. The summed E-state index contributed by atoms with van der Waals surface area (Å²) in [5.74, 6) is 0.128. The van der Waals surface area contributed by atoms with Crippen molar-refractivity contribution in [2.24, 2.45) is 0 Å². The molecule has 7 heteroatoms. The third-order valence-electron chi connectivity index (χ3n) is 5.84. The molecule has 3 aromatic rings. The van der Waals surface area contributed by atoms with Gasteiger partial charge in [-0.2, -0.15) is 0 Å². The van der Waals surface area contributed by atoms with Crippen LogP contribution < -0.4 is 15.0 Å². The van der Waals surface area contributed by atoms with Crippen LogP contribution in [-0.4, -0.2) is 30.8 Å². The molecule has 1 N–H and O–H groups in total. The highest BCUT2D eigenvalue weighted by molar-refractivity contribution is 5.99. The van der Waals surface area contributed by atoms with E-state index in [0.717, 1.165) is 23.3 Å². The first-order valence-electron chi connectivity index (χ1n) is 12.1. The Balaban J connectivity index is 1.66. The lowest BCUT2D eigenvalue weighted by Crippen LogP contribution is -2.45. The number of nitrogens with zero attached hydrogens (tertiary/aromatic N) is 1. The molecule has 0 fully saturated rings. The van der Waals surface area contributed by atoms with Crippen molar-refractivity contribution >= 4 is 17.7 Å². The number of rotatable bonds is 7. The molecule has 0 radical (unpaired) electrons. The summed E-state index contributed by atoms with van der Waals surface area (Å²) in [5, 5.41) is 2.76. The standard InChI is InChI=1S/C29H31FN2O4/c1-29(2,3)36-28(34)31-26(22-7-5-4-6-8-22)27(33)32(17-15-20-9-12-23(30)13-10-20)24-14-11-21-16-18-35-25(21)19-24/h4-14,19,26H,15-18H2,1-3H3,(H,31,34). The highest BCUT2D eigenvalue weighted by Crippen LogP contribution is 2.32. The molecular weight excluding hydrogens is 459 g/mol. The Kier molecular flexibility index (Phi) is 7.58. The first kappa shape index (κ1) is 25.2. The third-order valence-corrected chi connectivity index (χ3v) is 5.84. The Hall–Kier alpha value is -3.87. The van der Waals surface area contributed by atoms with Gasteiger partial charge < -0.3 is 19.7 Å². The number of amides is 2. The molecule has 6 nitrogen and oxygen atoms in total. The number of carbonyl (C=O) groups excluding carboxylic acids is 2. The van der Waals surface area contributed by atoms with Crippen LogP contribution >= 0.6 is 0 Å². The van der Waals surface area contributed by atoms with Crippen LogP contribution in [0.5, 0.6) is 5.75 Å². The van der Waals surface area contributed by atoms with Crippen molar-refractivity contribution in [3.8, 4) is 5.75 Å². The van der Waals surface area contributed by atoms with E-state index in [2.05, 4.69) is 5.32 Å². The van der Waals surface area contributed by atoms with Crippen LogP contribution in [0.15, 0.2) is 72.8 Å². The molecule has 1 aliphatic rings. The van der Waals surface area contributed by atoms with Crippen molar-refractivity contribution in [3.63, 3.8) is 0 Å². The average molecular weight is 491 g/mol. The zero-order chi connectivity index (χ0) is 25.7. The minimum absolute atomic E-state index is 0.312. The lowest BCUT2D eigenvalue weighted by Gasteiger charge is -2.29. The molecule has 0 bridgehead atoms. The van der Waals surface area contributed by atoms with E-state index in [9.17, 15) is 14.0 Å². The number of benzene rings is 3. The lowest BCUT2D eigenvalue weighted by atomic mass is 10.0. The number of halogens is 1. The van der Waals surface area contributed by atoms with Gasteiger partial charge >= 0.3 is 6.09 Å². The van der Waals surface area contributed by atoms with Crippen LogP contribution in [0.25, 0.3) is 0 Å². The van der Waals surface area contributed by atoms with Crippen molar-refractivity contribution in [3.05, 3.63) is 95.3 Å². The van der Waals surface area contributed by atoms with Gasteiger partial charge in [0.25, 0.3) is 5.91 Å². The molecule has 36 heavy (non-hydrogen) atoms. The number of anilines is 1. The second-order valence-electron chi connectivity index (χ2n) is 9.75. The van der Waals surface area contributed by atoms with Crippen molar-refractivity contribution in [1.82, 2.24) is 5.32 Å². The summed E-state index contributed by atoms with van der Waals surface area (Å²) in [6.45, 7) is 6.24. The predicted octanol–water partition coefficient (Wildman–Crippen LogP) is 5.60. The van der Waals surface area contributed by atoms with Gasteiger partial charge in [0.15, 0.2) is 0 Å². The summed E-state index contributed by atoms with van der Waals surface area (Å²) < 4.78 is 24.6. The van der Waals surface area contributed by atoms with Gasteiger partial charge in [-0.1, -0.05) is 48.5 Å². The molecule has 0 spiro atoms. The van der Waals surface area contributed by atoms with E-state index in [0.29, 0.717) is 30.8 Å². The normalized spacial score (nSPS) is 13.3. The predicted molar refractivity (Wildman–Crippen MR) is 137 cm³/mol. The van der Waals surface area contributed by atoms with Crippen LogP contribution in [0.2, 0.25) is 0 Å². The molecule has 2 amide bonds. The van der Waals surface area contributed by atoms with Crippen LogP contribution in [0, 0.1) is 5.82 Å². The molecule has 4 rings (SSSR count). The summed E-state index contributed by atoms with van der Waals surface area (Å²) in [7, 11) is 0. The smallest absolute Gasteiger partial charge is 0.408 e. The fraction of sp³-hybridized carbons (Fsp3) is 0.310. The zero-order valence-corrected chi connectivity index (χ0v) is 20.8. The highest BCUT2D eigenvalue weighted by Gasteiger charge is 2.31. The average Bonchev–Trinajstić information content (AvgIpc) is 3.31.